The number of hydrogen-bond acceptors (Lipinski definition) is 2. The Morgan fingerprint density at radius 2 is 1.85 bits per heavy atom. The zero-order chi connectivity index (χ0) is 17.6. The highest BCUT2D eigenvalue weighted by Crippen LogP contribution is 2.36. The summed E-state index contributed by atoms with van der Waals surface area (Å²) in [5.41, 5.74) is 4.72. The lowest BCUT2D eigenvalue weighted by atomic mass is 10.2. The Bertz CT molecular complexity index is 930. The molecule has 1 aliphatic carbocycles. The van der Waals surface area contributed by atoms with Gasteiger partial charge in [-0.2, -0.15) is 0 Å². The van der Waals surface area contributed by atoms with Crippen molar-refractivity contribution in [1.82, 2.24) is 9.55 Å². The van der Waals surface area contributed by atoms with Gasteiger partial charge in [0.1, 0.15) is 29.5 Å². The van der Waals surface area contributed by atoms with Crippen LogP contribution < -0.4 is 4.74 Å². The van der Waals surface area contributed by atoms with E-state index in [-0.39, 0.29) is 19.0 Å². The lowest BCUT2D eigenvalue weighted by Crippen LogP contribution is -2.04. The van der Waals surface area contributed by atoms with E-state index in [0.29, 0.717) is 11.3 Å². The third kappa shape index (κ3) is 3.54. The van der Waals surface area contributed by atoms with Gasteiger partial charge in [-0.05, 0) is 55.9 Å². The van der Waals surface area contributed by atoms with E-state index in [9.17, 15) is 8.78 Å². The molecule has 1 aromatic carbocycles. The second-order valence-corrected chi connectivity index (χ2v) is 6.84. The van der Waals surface area contributed by atoms with Gasteiger partial charge in [0.2, 0.25) is 0 Å². The molecule has 0 amide bonds. The lowest BCUT2D eigenvalue weighted by Gasteiger charge is -2.12. The first kappa shape index (κ1) is 18.6. The smallest absolute Gasteiger partial charge is 0.147 e. The summed E-state index contributed by atoms with van der Waals surface area (Å²) in [5, 5.41) is 0. The molecule has 2 heterocycles. The van der Waals surface area contributed by atoms with E-state index in [1.54, 1.807) is 6.20 Å². The van der Waals surface area contributed by atoms with Crippen LogP contribution in [0.15, 0.2) is 30.5 Å². The van der Waals surface area contributed by atoms with Gasteiger partial charge in [-0.1, -0.05) is 0 Å². The van der Waals surface area contributed by atoms with Crippen LogP contribution in [0.1, 0.15) is 29.7 Å². The summed E-state index contributed by atoms with van der Waals surface area (Å²) < 4.78 is 34.9. The molecular formula is C20H21ClF2N2O. The molecule has 2 aromatic heterocycles. The molecule has 138 valence electrons. The molecule has 0 atom stereocenters. The summed E-state index contributed by atoms with van der Waals surface area (Å²) >= 11 is 0. The third-order valence-corrected chi connectivity index (χ3v) is 4.91. The molecular weight excluding hydrogens is 358 g/mol. The van der Waals surface area contributed by atoms with E-state index in [4.69, 9.17) is 4.74 Å². The van der Waals surface area contributed by atoms with Gasteiger partial charge in [0.25, 0.3) is 0 Å². The van der Waals surface area contributed by atoms with Gasteiger partial charge in [-0.25, -0.2) is 8.78 Å². The third-order valence-electron chi connectivity index (χ3n) is 4.91. The Hall–Kier alpha value is -2.14. The maximum Gasteiger partial charge on any atom is 0.147 e. The van der Waals surface area contributed by atoms with E-state index in [1.807, 2.05) is 6.07 Å². The maximum atomic E-state index is 13.4. The van der Waals surface area contributed by atoms with Gasteiger partial charge in [0.15, 0.2) is 0 Å². The molecule has 1 fully saturated rings. The second kappa shape index (κ2) is 7.23. The number of pyridine rings is 1. The molecule has 3 aromatic rings. The fourth-order valence-electron chi connectivity index (χ4n) is 3.27. The van der Waals surface area contributed by atoms with Gasteiger partial charge >= 0.3 is 0 Å². The zero-order valence-corrected chi connectivity index (χ0v) is 15.6. The molecule has 3 nitrogen and oxygen atoms in total. The lowest BCUT2D eigenvalue weighted by molar-refractivity contribution is 0.306. The summed E-state index contributed by atoms with van der Waals surface area (Å²) in [6.07, 6.45) is 4.24. The molecule has 0 saturated heterocycles. The van der Waals surface area contributed by atoms with E-state index in [1.165, 1.54) is 30.7 Å². The highest BCUT2D eigenvalue weighted by Gasteiger charge is 2.25. The highest BCUT2D eigenvalue weighted by molar-refractivity contribution is 5.86. The molecule has 0 spiro atoms. The van der Waals surface area contributed by atoms with Crippen molar-refractivity contribution in [3.8, 4) is 5.75 Å². The summed E-state index contributed by atoms with van der Waals surface area (Å²) in [5.74, 6) is 0.232. The molecule has 1 saturated carbocycles. The fourth-order valence-corrected chi connectivity index (χ4v) is 3.27. The Morgan fingerprint density at radius 3 is 2.50 bits per heavy atom. The molecule has 0 radical (unpaired) electrons. The fraction of sp³-hybridized carbons (Fsp3) is 0.350. The van der Waals surface area contributed by atoms with Crippen LogP contribution >= 0.6 is 12.4 Å². The Labute approximate surface area is 157 Å². The Balaban J connectivity index is 0.00000196. The molecule has 0 aliphatic heterocycles. The van der Waals surface area contributed by atoms with Gasteiger partial charge < -0.3 is 9.30 Å². The first-order valence-corrected chi connectivity index (χ1v) is 8.55. The van der Waals surface area contributed by atoms with Crippen molar-refractivity contribution >= 4 is 23.4 Å². The number of benzene rings is 1. The van der Waals surface area contributed by atoms with Gasteiger partial charge in [0.05, 0.1) is 5.52 Å². The molecule has 0 unspecified atom stereocenters. The highest BCUT2D eigenvalue weighted by atomic mass is 35.5. The van der Waals surface area contributed by atoms with Gasteiger partial charge in [0, 0.05) is 30.6 Å². The van der Waals surface area contributed by atoms with Gasteiger partial charge in [-0.3, -0.25) is 4.98 Å². The number of rotatable bonds is 5. The van der Waals surface area contributed by atoms with Crippen LogP contribution in [0.25, 0.3) is 11.0 Å². The van der Waals surface area contributed by atoms with Crippen molar-refractivity contribution in [2.24, 2.45) is 5.92 Å². The average Bonchev–Trinajstić information content (AvgIpc) is 3.36. The number of aromatic nitrogens is 2. The topological polar surface area (TPSA) is 27.1 Å². The number of aryl methyl sites for hydroxylation is 1. The summed E-state index contributed by atoms with van der Waals surface area (Å²) in [6, 6.07) is 5.27. The van der Waals surface area contributed by atoms with Crippen LogP contribution in [0.5, 0.6) is 5.75 Å². The van der Waals surface area contributed by atoms with Crippen molar-refractivity contribution < 1.29 is 13.5 Å². The van der Waals surface area contributed by atoms with E-state index in [0.717, 1.165) is 35.1 Å². The van der Waals surface area contributed by atoms with E-state index in [2.05, 4.69) is 23.4 Å². The first-order valence-electron chi connectivity index (χ1n) is 8.55. The summed E-state index contributed by atoms with van der Waals surface area (Å²) in [6.45, 7) is 5.25. The van der Waals surface area contributed by atoms with Crippen LogP contribution in [-0.2, 0) is 13.2 Å². The average molecular weight is 379 g/mol. The normalized spacial score (nSPS) is 13.7. The number of fused-ring (bicyclic) bond motifs is 1. The van der Waals surface area contributed by atoms with Crippen molar-refractivity contribution in [2.75, 3.05) is 0 Å². The van der Waals surface area contributed by atoms with Crippen molar-refractivity contribution in [3.05, 3.63) is 58.9 Å². The second-order valence-electron chi connectivity index (χ2n) is 6.84. The van der Waals surface area contributed by atoms with Crippen LogP contribution in [0.3, 0.4) is 0 Å². The first-order chi connectivity index (χ1) is 12.0. The van der Waals surface area contributed by atoms with Crippen LogP contribution in [0, 0.1) is 31.4 Å². The summed E-state index contributed by atoms with van der Waals surface area (Å²) in [4.78, 5) is 4.51. The molecule has 4 rings (SSSR count). The van der Waals surface area contributed by atoms with Gasteiger partial charge in [-0.15, -0.1) is 12.4 Å². The number of hydrogen-bond donors (Lipinski definition) is 0. The Morgan fingerprint density at radius 1 is 1.15 bits per heavy atom. The summed E-state index contributed by atoms with van der Waals surface area (Å²) in [7, 11) is 0. The molecule has 6 heteroatoms. The van der Waals surface area contributed by atoms with Crippen LogP contribution in [0.4, 0.5) is 8.78 Å². The minimum Gasteiger partial charge on any atom is -0.487 e. The van der Waals surface area contributed by atoms with Crippen LogP contribution in [-0.4, -0.2) is 9.55 Å². The SMILES string of the molecule is Cc1c(C)n(CC2CC2)c2c(OCc3cc(F)cc(F)c3)ccnc12.Cl. The van der Waals surface area contributed by atoms with Crippen LogP contribution in [0.2, 0.25) is 0 Å². The number of halogens is 3. The predicted molar refractivity (Wildman–Crippen MR) is 99.9 cm³/mol. The number of nitrogens with zero attached hydrogens (tertiary/aromatic N) is 2. The number of ether oxygens (including phenoxy) is 1. The van der Waals surface area contributed by atoms with Crippen molar-refractivity contribution in [3.63, 3.8) is 0 Å². The van der Waals surface area contributed by atoms with Crippen molar-refractivity contribution in [2.45, 2.75) is 39.8 Å². The largest absolute Gasteiger partial charge is 0.487 e. The predicted octanol–water partition coefficient (Wildman–Crippen LogP) is 5.34. The minimum atomic E-state index is -0.595. The molecule has 26 heavy (non-hydrogen) atoms. The maximum absolute atomic E-state index is 13.4. The quantitative estimate of drug-likeness (QED) is 0.599. The zero-order valence-electron chi connectivity index (χ0n) is 14.8. The molecule has 0 bridgehead atoms. The standard InChI is InChI=1S/C20H20F2N2O.ClH/c1-12-13(2)24(10-14-3-4-14)20-18(5-6-23-19(12)20)25-11-15-7-16(21)9-17(22)8-15;/h5-9,14H,3-4,10-11H2,1-2H3;1H. The molecule has 0 N–H and O–H groups in total. The monoisotopic (exact) mass is 378 g/mol. The minimum absolute atomic E-state index is 0. The van der Waals surface area contributed by atoms with E-state index < -0.39 is 11.6 Å². The Kier molecular flexibility index (Phi) is 5.19. The molecule has 1 aliphatic rings. The van der Waals surface area contributed by atoms with Crippen molar-refractivity contribution in [1.29, 1.82) is 0 Å². The van der Waals surface area contributed by atoms with E-state index >= 15 is 0 Å².